The van der Waals surface area contributed by atoms with Crippen LogP contribution < -0.4 is 16.2 Å². The zero-order valence-corrected chi connectivity index (χ0v) is 11.3. The van der Waals surface area contributed by atoms with Crippen molar-refractivity contribution in [2.75, 3.05) is 36.5 Å². The van der Waals surface area contributed by atoms with Crippen LogP contribution in [0.1, 0.15) is 6.92 Å². The van der Waals surface area contributed by atoms with Gasteiger partial charge in [-0.15, -0.1) is 0 Å². The number of hydrazine groups is 1. The van der Waals surface area contributed by atoms with Crippen molar-refractivity contribution in [3.8, 4) is 0 Å². The van der Waals surface area contributed by atoms with Gasteiger partial charge in [0.25, 0.3) is 0 Å². The van der Waals surface area contributed by atoms with Crippen LogP contribution in [-0.2, 0) is 4.79 Å². The monoisotopic (exact) mass is 275 g/mol. The Balaban J connectivity index is 1.90. The number of nitrogen functional groups attached to an aromatic ring is 1. The summed E-state index contributed by atoms with van der Waals surface area (Å²) in [6, 6.07) is 0. The summed E-state index contributed by atoms with van der Waals surface area (Å²) in [5.74, 6) is 6.93. The molecule has 3 N–H and O–H groups in total. The smallest absolute Gasteiger partial charge is 0.219 e. The van der Waals surface area contributed by atoms with E-state index in [1.807, 2.05) is 15.5 Å². The summed E-state index contributed by atoms with van der Waals surface area (Å²) in [5.41, 5.74) is 3.36. The number of piperazine rings is 1. The first-order valence-corrected chi connectivity index (χ1v) is 6.50. The molecule has 0 saturated carbocycles. The Kier molecular flexibility index (Phi) is 3.15. The summed E-state index contributed by atoms with van der Waals surface area (Å²) in [7, 11) is 0. The van der Waals surface area contributed by atoms with Crippen LogP contribution in [0.5, 0.6) is 0 Å². The van der Waals surface area contributed by atoms with Gasteiger partial charge in [-0.1, -0.05) is 0 Å². The average molecular weight is 275 g/mol. The molecular weight excluding hydrogens is 258 g/mol. The normalized spacial score (nSPS) is 15.7. The minimum Gasteiger partial charge on any atom is -0.350 e. The van der Waals surface area contributed by atoms with E-state index in [-0.39, 0.29) is 5.91 Å². The molecule has 0 aliphatic carbocycles. The van der Waals surface area contributed by atoms with Gasteiger partial charge in [0.2, 0.25) is 5.91 Å². The fraction of sp³-hybridized carbons (Fsp3) is 0.417. The van der Waals surface area contributed by atoms with Gasteiger partial charge in [-0.3, -0.25) is 4.79 Å². The Labute approximate surface area is 116 Å². The van der Waals surface area contributed by atoms with Crippen LogP contribution in [0.15, 0.2) is 18.6 Å². The summed E-state index contributed by atoms with van der Waals surface area (Å²) in [4.78, 5) is 24.1. The van der Waals surface area contributed by atoms with E-state index < -0.39 is 0 Å². The third kappa shape index (κ3) is 2.14. The lowest BCUT2D eigenvalue weighted by Crippen LogP contribution is -2.48. The average Bonchev–Trinajstić information content (AvgIpc) is 2.94. The number of aromatic nitrogens is 3. The topological polar surface area (TPSA) is 91.8 Å². The van der Waals surface area contributed by atoms with Crippen LogP contribution in [0.2, 0.25) is 0 Å². The van der Waals surface area contributed by atoms with Gasteiger partial charge in [0.1, 0.15) is 0 Å². The number of rotatable bonds is 2. The molecule has 1 aliphatic heterocycles. The molecule has 1 saturated heterocycles. The lowest BCUT2D eigenvalue weighted by molar-refractivity contribution is -0.129. The third-order valence-electron chi connectivity index (χ3n) is 3.53. The van der Waals surface area contributed by atoms with Gasteiger partial charge >= 0.3 is 0 Å². The Morgan fingerprint density at radius 2 is 2.10 bits per heavy atom. The van der Waals surface area contributed by atoms with E-state index in [9.17, 15) is 4.79 Å². The number of nitrogens with zero attached hydrogens (tertiary/aromatic N) is 5. The van der Waals surface area contributed by atoms with Gasteiger partial charge in [0.15, 0.2) is 17.3 Å². The van der Waals surface area contributed by atoms with Crippen molar-refractivity contribution in [2.24, 2.45) is 5.84 Å². The first-order valence-electron chi connectivity index (χ1n) is 6.50. The largest absolute Gasteiger partial charge is 0.350 e. The first kappa shape index (κ1) is 12.7. The molecule has 20 heavy (non-hydrogen) atoms. The van der Waals surface area contributed by atoms with Crippen molar-refractivity contribution >= 4 is 23.2 Å². The number of anilines is 2. The van der Waals surface area contributed by atoms with Crippen LogP contribution in [0.3, 0.4) is 0 Å². The van der Waals surface area contributed by atoms with Crippen molar-refractivity contribution in [3.05, 3.63) is 18.6 Å². The Morgan fingerprint density at radius 1 is 1.35 bits per heavy atom. The van der Waals surface area contributed by atoms with Gasteiger partial charge in [0.05, 0.1) is 6.20 Å². The molecule has 2 aromatic heterocycles. The van der Waals surface area contributed by atoms with Gasteiger partial charge in [-0.25, -0.2) is 15.8 Å². The number of carbonyl (C=O) groups is 1. The second-order valence-corrected chi connectivity index (χ2v) is 4.75. The molecule has 3 heterocycles. The van der Waals surface area contributed by atoms with E-state index in [0.717, 1.165) is 24.6 Å². The third-order valence-corrected chi connectivity index (χ3v) is 3.53. The number of fused-ring (bicyclic) bond motifs is 1. The maximum absolute atomic E-state index is 11.4. The fourth-order valence-electron chi connectivity index (χ4n) is 2.43. The summed E-state index contributed by atoms with van der Waals surface area (Å²) >= 11 is 0. The molecule has 106 valence electrons. The molecule has 1 aliphatic rings. The highest BCUT2D eigenvalue weighted by molar-refractivity contribution is 5.74. The summed E-state index contributed by atoms with van der Waals surface area (Å²) in [6.07, 6.45) is 5.37. The van der Waals surface area contributed by atoms with Crippen LogP contribution in [0, 0.1) is 0 Å². The molecule has 8 nitrogen and oxygen atoms in total. The number of carbonyl (C=O) groups excluding carboxylic acids is 1. The maximum atomic E-state index is 11.4. The fourth-order valence-corrected chi connectivity index (χ4v) is 2.43. The molecule has 0 aromatic carbocycles. The molecule has 0 atom stereocenters. The Bertz CT molecular complexity index is 630. The quantitative estimate of drug-likeness (QED) is 0.576. The van der Waals surface area contributed by atoms with Crippen LogP contribution in [0.4, 0.5) is 11.6 Å². The number of amides is 1. The van der Waals surface area contributed by atoms with Crippen molar-refractivity contribution in [1.82, 2.24) is 19.3 Å². The number of hydrogen-bond acceptors (Lipinski definition) is 6. The van der Waals surface area contributed by atoms with E-state index in [4.69, 9.17) is 5.84 Å². The highest BCUT2D eigenvalue weighted by Gasteiger charge is 2.22. The maximum Gasteiger partial charge on any atom is 0.219 e. The molecular formula is C12H17N7O. The van der Waals surface area contributed by atoms with Gasteiger partial charge in [-0.2, -0.15) is 0 Å². The summed E-state index contributed by atoms with van der Waals surface area (Å²) in [6.45, 7) is 4.47. The van der Waals surface area contributed by atoms with Crippen molar-refractivity contribution in [1.29, 1.82) is 0 Å². The standard InChI is InChI=1S/C12H17N7O/c1-9(20)17-4-6-18(7-5-17)12-11-14-2-3-19(11)8-10(15-12)16-13/h2-3,8,16H,4-7,13H2,1H3. The predicted molar refractivity (Wildman–Crippen MR) is 75.3 cm³/mol. The van der Waals surface area contributed by atoms with Gasteiger partial charge in [0, 0.05) is 45.5 Å². The van der Waals surface area contributed by atoms with Gasteiger partial charge in [-0.05, 0) is 0 Å². The van der Waals surface area contributed by atoms with Crippen molar-refractivity contribution < 1.29 is 4.79 Å². The molecule has 2 aromatic rings. The zero-order chi connectivity index (χ0) is 14.1. The Morgan fingerprint density at radius 3 is 2.75 bits per heavy atom. The van der Waals surface area contributed by atoms with Crippen LogP contribution in [-0.4, -0.2) is 51.4 Å². The van der Waals surface area contributed by atoms with E-state index in [1.54, 1.807) is 19.3 Å². The van der Waals surface area contributed by atoms with Gasteiger partial charge < -0.3 is 19.6 Å². The van der Waals surface area contributed by atoms with E-state index in [1.165, 1.54) is 0 Å². The summed E-state index contributed by atoms with van der Waals surface area (Å²) in [5, 5.41) is 0. The molecule has 0 radical (unpaired) electrons. The van der Waals surface area contributed by atoms with E-state index in [0.29, 0.717) is 18.9 Å². The molecule has 0 spiro atoms. The lowest BCUT2D eigenvalue weighted by Gasteiger charge is -2.35. The predicted octanol–water partition coefficient (Wildman–Crippen LogP) is -0.317. The second kappa shape index (κ2) is 4.97. The molecule has 1 fully saturated rings. The lowest BCUT2D eigenvalue weighted by atomic mass is 10.3. The zero-order valence-electron chi connectivity index (χ0n) is 11.3. The minimum atomic E-state index is 0.112. The SMILES string of the molecule is CC(=O)N1CCN(c2nc(NN)cn3ccnc23)CC1. The van der Waals surface area contributed by atoms with Crippen molar-refractivity contribution in [2.45, 2.75) is 6.92 Å². The molecule has 3 rings (SSSR count). The van der Waals surface area contributed by atoms with E-state index in [2.05, 4.69) is 20.3 Å². The number of imidazole rings is 1. The van der Waals surface area contributed by atoms with Crippen molar-refractivity contribution in [3.63, 3.8) is 0 Å². The molecule has 1 amide bonds. The summed E-state index contributed by atoms with van der Waals surface area (Å²) < 4.78 is 1.88. The second-order valence-electron chi connectivity index (χ2n) is 4.75. The molecule has 0 unspecified atom stereocenters. The van der Waals surface area contributed by atoms with Crippen LogP contribution >= 0.6 is 0 Å². The minimum absolute atomic E-state index is 0.112. The number of nitrogens with two attached hydrogens (primary N) is 1. The highest BCUT2D eigenvalue weighted by Crippen LogP contribution is 2.21. The first-order chi connectivity index (χ1) is 9.69. The highest BCUT2D eigenvalue weighted by atomic mass is 16.2. The number of nitrogens with one attached hydrogen (secondary N) is 1. The molecule has 8 heteroatoms. The molecule has 0 bridgehead atoms. The number of hydrogen-bond donors (Lipinski definition) is 2. The Hall–Kier alpha value is -2.35. The van der Waals surface area contributed by atoms with E-state index >= 15 is 0 Å². The van der Waals surface area contributed by atoms with Crippen LogP contribution in [0.25, 0.3) is 5.65 Å².